The number of benzene rings is 1. The molecule has 0 amide bonds. The minimum atomic E-state index is -0.356. The highest BCUT2D eigenvalue weighted by Crippen LogP contribution is 2.22. The molecule has 10 heteroatoms. The molecule has 1 aliphatic rings. The predicted molar refractivity (Wildman–Crippen MR) is 117 cm³/mol. The number of nitrogens with zero attached hydrogens (tertiary/aromatic N) is 4. The second-order valence-electron chi connectivity index (χ2n) is 7.14. The fourth-order valence-corrected chi connectivity index (χ4v) is 3.20. The number of anilines is 4. The highest BCUT2D eigenvalue weighted by molar-refractivity contribution is 5.89. The van der Waals surface area contributed by atoms with Gasteiger partial charge in [-0.2, -0.15) is 15.1 Å². The van der Waals surface area contributed by atoms with Crippen molar-refractivity contribution >= 4 is 29.4 Å². The van der Waals surface area contributed by atoms with Gasteiger partial charge in [-0.3, -0.25) is 5.10 Å². The van der Waals surface area contributed by atoms with Gasteiger partial charge in [0.15, 0.2) is 5.82 Å². The van der Waals surface area contributed by atoms with Crippen LogP contribution in [-0.4, -0.2) is 59.5 Å². The number of morpholine rings is 1. The topological polar surface area (TPSA) is 117 Å². The summed E-state index contributed by atoms with van der Waals surface area (Å²) in [6, 6.07) is 11.0. The third kappa shape index (κ3) is 5.28. The molecular formula is C21H25N7O3. The highest BCUT2D eigenvalue weighted by Gasteiger charge is 2.16. The van der Waals surface area contributed by atoms with Gasteiger partial charge < -0.3 is 25.0 Å². The summed E-state index contributed by atoms with van der Waals surface area (Å²) < 4.78 is 10.2. The van der Waals surface area contributed by atoms with Crippen LogP contribution in [0.4, 0.5) is 23.4 Å². The Kier molecular flexibility index (Phi) is 6.27. The molecule has 0 aliphatic carbocycles. The first-order valence-electron chi connectivity index (χ1n) is 10.0. The number of esters is 1. The standard InChI is InChI=1S/C21H25N7O3/c1-14-11-18(27-26-14)23-17-12-19(28-7-9-31-10-8-28)25-21(24-17)22-13-15-3-5-16(6-4-15)20(29)30-2/h3-6,11-12H,7-10,13H2,1-2H3,(H3,22,23,24,25,26,27). The Morgan fingerprint density at radius 1 is 1.16 bits per heavy atom. The van der Waals surface area contributed by atoms with Gasteiger partial charge in [0.25, 0.3) is 0 Å². The van der Waals surface area contributed by atoms with Crippen molar-refractivity contribution in [2.75, 3.05) is 48.9 Å². The van der Waals surface area contributed by atoms with Crippen LogP contribution in [0.25, 0.3) is 0 Å². The monoisotopic (exact) mass is 423 g/mol. The molecule has 3 aromatic rings. The number of aromatic nitrogens is 4. The van der Waals surface area contributed by atoms with E-state index >= 15 is 0 Å². The van der Waals surface area contributed by atoms with Crippen LogP contribution in [0.1, 0.15) is 21.6 Å². The number of hydrogen-bond acceptors (Lipinski definition) is 9. The summed E-state index contributed by atoms with van der Waals surface area (Å²) >= 11 is 0. The Bertz CT molecular complexity index is 1030. The maximum absolute atomic E-state index is 11.6. The number of H-pyrrole nitrogens is 1. The van der Waals surface area contributed by atoms with E-state index in [4.69, 9.17) is 9.47 Å². The second kappa shape index (κ2) is 9.43. The number of aryl methyl sites for hydroxylation is 1. The summed E-state index contributed by atoms with van der Waals surface area (Å²) in [4.78, 5) is 23.0. The molecule has 0 unspecified atom stereocenters. The first-order valence-corrected chi connectivity index (χ1v) is 10.0. The van der Waals surface area contributed by atoms with Crippen LogP contribution in [0, 0.1) is 6.92 Å². The first-order chi connectivity index (χ1) is 15.1. The Hall–Kier alpha value is -3.66. The molecule has 162 valence electrons. The van der Waals surface area contributed by atoms with Gasteiger partial charge in [-0.25, -0.2) is 4.79 Å². The van der Waals surface area contributed by atoms with Crippen molar-refractivity contribution < 1.29 is 14.3 Å². The molecule has 3 heterocycles. The summed E-state index contributed by atoms with van der Waals surface area (Å²) in [7, 11) is 1.37. The summed E-state index contributed by atoms with van der Waals surface area (Å²) in [5.74, 6) is 2.29. The molecule has 10 nitrogen and oxygen atoms in total. The lowest BCUT2D eigenvalue weighted by molar-refractivity contribution is 0.0600. The quantitative estimate of drug-likeness (QED) is 0.493. The average molecular weight is 423 g/mol. The second-order valence-corrected chi connectivity index (χ2v) is 7.14. The van der Waals surface area contributed by atoms with Crippen LogP contribution in [0.3, 0.4) is 0 Å². The first kappa shape index (κ1) is 20.6. The summed E-state index contributed by atoms with van der Waals surface area (Å²) in [6.45, 7) is 5.32. The SMILES string of the molecule is COC(=O)c1ccc(CNc2nc(Nc3cc(C)[nH]n3)cc(N3CCOCC3)n2)cc1. The summed E-state index contributed by atoms with van der Waals surface area (Å²) in [5, 5.41) is 13.6. The Labute approximate surface area is 180 Å². The maximum atomic E-state index is 11.6. The molecule has 0 atom stereocenters. The zero-order valence-electron chi connectivity index (χ0n) is 17.5. The van der Waals surface area contributed by atoms with Gasteiger partial charge in [0.1, 0.15) is 11.6 Å². The van der Waals surface area contributed by atoms with E-state index in [0.717, 1.165) is 30.2 Å². The molecule has 0 bridgehead atoms. The zero-order valence-corrected chi connectivity index (χ0v) is 17.5. The molecule has 1 fully saturated rings. The number of carbonyl (C=O) groups is 1. The summed E-state index contributed by atoms with van der Waals surface area (Å²) in [6.07, 6.45) is 0. The van der Waals surface area contributed by atoms with Crippen molar-refractivity contribution in [2.24, 2.45) is 0 Å². The Morgan fingerprint density at radius 2 is 1.94 bits per heavy atom. The molecule has 0 radical (unpaired) electrons. The van der Waals surface area contributed by atoms with Crippen LogP contribution in [0.5, 0.6) is 0 Å². The van der Waals surface area contributed by atoms with Crippen molar-refractivity contribution in [3.05, 3.63) is 53.2 Å². The number of aromatic amines is 1. The molecule has 1 aromatic carbocycles. The van der Waals surface area contributed by atoms with E-state index in [9.17, 15) is 4.79 Å². The van der Waals surface area contributed by atoms with Crippen molar-refractivity contribution in [2.45, 2.75) is 13.5 Å². The number of methoxy groups -OCH3 is 1. The lowest BCUT2D eigenvalue weighted by Crippen LogP contribution is -2.37. The van der Waals surface area contributed by atoms with Gasteiger partial charge in [0, 0.05) is 37.5 Å². The molecule has 1 saturated heterocycles. The molecule has 2 aromatic heterocycles. The fraction of sp³-hybridized carbons (Fsp3) is 0.333. The van der Waals surface area contributed by atoms with Gasteiger partial charge in [0.2, 0.25) is 5.95 Å². The predicted octanol–water partition coefficient (Wildman–Crippen LogP) is 2.49. The van der Waals surface area contributed by atoms with E-state index in [0.29, 0.717) is 42.9 Å². The van der Waals surface area contributed by atoms with Crippen LogP contribution in [0.2, 0.25) is 0 Å². The molecule has 3 N–H and O–H groups in total. The lowest BCUT2D eigenvalue weighted by atomic mass is 10.1. The molecule has 0 spiro atoms. The molecule has 31 heavy (non-hydrogen) atoms. The third-order valence-electron chi connectivity index (χ3n) is 4.84. The van der Waals surface area contributed by atoms with Gasteiger partial charge >= 0.3 is 5.97 Å². The Morgan fingerprint density at radius 3 is 2.61 bits per heavy atom. The van der Waals surface area contributed by atoms with Gasteiger partial charge in [-0.1, -0.05) is 12.1 Å². The van der Waals surface area contributed by atoms with Crippen LogP contribution < -0.4 is 15.5 Å². The molecule has 1 aliphatic heterocycles. The zero-order chi connectivity index (χ0) is 21.6. The largest absolute Gasteiger partial charge is 0.465 e. The van der Waals surface area contributed by atoms with Crippen LogP contribution in [-0.2, 0) is 16.0 Å². The molecular weight excluding hydrogens is 398 g/mol. The number of ether oxygens (including phenoxy) is 2. The lowest BCUT2D eigenvalue weighted by Gasteiger charge is -2.28. The van der Waals surface area contributed by atoms with Crippen LogP contribution in [0.15, 0.2) is 36.4 Å². The van der Waals surface area contributed by atoms with Gasteiger partial charge in [-0.15, -0.1) is 0 Å². The minimum Gasteiger partial charge on any atom is -0.465 e. The number of hydrogen-bond donors (Lipinski definition) is 3. The van der Waals surface area contributed by atoms with E-state index in [-0.39, 0.29) is 5.97 Å². The van der Waals surface area contributed by atoms with Crippen molar-refractivity contribution in [3.63, 3.8) is 0 Å². The van der Waals surface area contributed by atoms with Crippen molar-refractivity contribution in [3.8, 4) is 0 Å². The van der Waals surface area contributed by atoms with Crippen molar-refractivity contribution in [1.29, 1.82) is 0 Å². The maximum Gasteiger partial charge on any atom is 0.337 e. The summed E-state index contributed by atoms with van der Waals surface area (Å²) in [5.41, 5.74) is 2.46. The van der Waals surface area contributed by atoms with E-state index in [2.05, 4.69) is 35.7 Å². The van der Waals surface area contributed by atoms with Gasteiger partial charge in [-0.05, 0) is 24.6 Å². The number of nitrogens with one attached hydrogen (secondary N) is 3. The highest BCUT2D eigenvalue weighted by atomic mass is 16.5. The average Bonchev–Trinajstić information content (AvgIpc) is 3.22. The molecule has 4 rings (SSSR count). The van der Waals surface area contributed by atoms with E-state index < -0.39 is 0 Å². The smallest absolute Gasteiger partial charge is 0.337 e. The van der Waals surface area contributed by atoms with Gasteiger partial charge in [0.05, 0.1) is 25.9 Å². The van der Waals surface area contributed by atoms with Crippen molar-refractivity contribution in [1.82, 2.24) is 20.2 Å². The minimum absolute atomic E-state index is 0.356. The van der Waals surface area contributed by atoms with E-state index in [1.54, 1.807) is 12.1 Å². The third-order valence-corrected chi connectivity index (χ3v) is 4.84. The van der Waals surface area contributed by atoms with E-state index in [1.165, 1.54) is 7.11 Å². The van der Waals surface area contributed by atoms with Crippen LogP contribution >= 0.6 is 0 Å². The Balaban J connectivity index is 1.52. The van der Waals surface area contributed by atoms with E-state index in [1.807, 2.05) is 31.2 Å². The normalized spacial score (nSPS) is 13.7. The number of carbonyl (C=O) groups excluding carboxylic acids is 1. The molecule has 0 saturated carbocycles. The fourth-order valence-electron chi connectivity index (χ4n) is 3.20. The number of rotatable bonds is 7.